The Kier molecular flexibility index (Phi) is 3.23. The maximum absolute atomic E-state index is 11.1. The molecule has 0 aliphatic heterocycles. The number of hydrogen-bond donors (Lipinski definition) is 1. The fraction of sp³-hybridized carbons (Fsp3) is 0.0714. The molecule has 0 atom stereocenters. The topological polar surface area (TPSA) is 73.8 Å². The Balaban J connectivity index is 2.03. The number of fused-ring (bicyclic) bond motifs is 1. The van der Waals surface area contributed by atoms with Crippen molar-refractivity contribution in [2.75, 3.05) is 0 Å². The average Bonchev–Trinajstić information content (AvgIpc) is 2.87. The number of amides is 1. The average molecular weight is 331 g/mol. The Labute approximate surface area is 123 Å². The summed E-state index contributed by atoms with van der Waals surface area (Å²) in [5.74, 6) is -0.478. The number of carbonyl (C=O) groups excluding carboxylic acids is 1. The van der Waals surface area contributed by atoms with Crippen LogP contribution in [-0.2, 0) is 6.54 Å². The van der Waals surface area contributed by atoms with E-state index in [1.54, 1.807) is 17.1 Å². The lowest BCUT2D eigenvalue weighted by Crippen LogP contribution is -2.09. The summed E-state index contributed by atoms with van der Waals surface area (Å²) in [6, 6.07) is 7.93. The molecule has 6 heteroatoms. The van der Waals surface area contributed by atoms with Crippen LogP contribution in [0.4, 0.5) is 0 Å². The molecule has 2 heterocycles. The standard InChI is InChI=1S/C14H11BrN4O/c15-12-4-9-2-1-3-17-13(9)10(5-12)7-19-8-11(6-18-19)14(16)20/h1-6,8H,7H2,(H2,16,20). The van der Waals surface area contributed by atoms with Gasteiger partial charge < -0.3 is 5.73 Å². The minimum atomic E-state index is -0.478. The van der Waals surface area contributed by atoms with Crippen LogP contribution in [0.5, 0.6) is 0 Å². The molecule has 0 spiro atoms. The summed E-state index contributed by atoms with van der Waals surface area (Å²) in [6.07, 6.45) is 4.87. The summed E-state index contributed by atoms with van der Waals surface area (Å²) in [5.41, 5.74) is 7.57. The van der Waals surface area contributed by atoms with Gasteiger partial charge in [-0.1, -0.05) is 22.0 Å². The largest absolute Gasteiger partial charge is 0.366 e. The second kappa shape index (κ2) is 5.05. The summed E-state index contributed by atoms with van der Waals surface area (Å²) in [7, 11) is 0. The molecule has 3 rings (SSSR count). The molecule has 2 aromatic heterocycles. The van der Waals surface area contributed by atoms with Gasteiger partial charge in [-0.3, -0.25) is 14.5 Å². The van der Waals surface area contributed by atoms with E-state index in [9.17, 15) is 4.79 Å². The van der Waals surface area contributed by atoms with Crippen LogP contribution in [0.1, 0.15) is 15.9 Å². The Morgan fingerprint density at radius 3 is 3.00 bits per heavy atom. The molecule has 5 nitrogen and oxygen atoms in total. The van der Waals surface area contributed by atoms with Gasteiger partial charge >= 0.3 is 0 Å². The number of hydrogen-bond acceptors (Lipinski definition) is 3. The van der Waals surface area contributed by atoms with E-state index in [0.29, 0.717) is 12.1 Å². The third kappa shape index (κ3) is 2.42. The molecule has 1 amide bonds. The quantitative estimate of drug-likeness (QED) is 0.800. The first kappa shape index (κ1) is 12.8. The summed E-state index contributed by atoms with van der Waals surface area (Å²) in [5, 5.41) is 5.20. The zero-order valence-electron chi connectivity index (χ0n) is 10.5. The Bertz CT molecular complexity index is 797. The van der Waals surface area contributed by atoms with Crippen LogP contribution in [0.3, 0.4) is 0 Å². The molecule has 100 valence electrons. The summed E-state index contributed by atoms with van der Waals surface area (Å²) in [4.78, 5) is 15.5. The number of primary amides is 1. The summed E-state index contributed by atoms with van der Waals surface area (Å²) in [6.45, 7) is 0.528. The van der Waals surface area contributed by atoms with E-state index < -0.39 is 5.91 Å². The van der Waals surface area contributed by atoms with Crippen molar-refractivity contribution < 1.29 is 4.79 Å². The van der Waals surface area contributed by atoms with Crippen molar-refractivity contribution in [1.82, 2.24) is 14.8 Å². The lowest BCUT2D eigenvalue weighted by molar-refractivity contribution is 0.1000. The monoisotopic (exact) mass is 330 g/mol. The van der Waals surface area contributed by atoms with Crippen LogP contribution in [0.2, 0.25) is 0 Å². The first-order valence-corrected chi connectivity index (χ1v) is 6.78. The third-order valence-corrected chi connectivity index (χ3v) is 3.46. The number of nitrogens with two attached hydrogens (primary N) is 1. The minimum absolute atomic E-state index is 0.400. The fourth-order valence-corrected chi connectivity index (χ4v) is 2.62. The van der Waals surface area contributed by atoms with Crippen molar-refractivity contribution in [2.45, 2.75) is 6.54 Å². The van der Waals surface area contributed by atoms with Gasteiger partial charge in [-0.25, -0.2) is 0 Å². The number of rotatable bonds is 3. The lowest BCUT2D eigenvalue weighted by atomic mass is 10.1. The Hall–Kier alpha value is -2.21. The van der Waals surface area contributed by atoms with Gasteiger partial charge in [0.15, 0.2) is 0 Å². The molecule has 0 saturated carbocycles. The molecule has 0 fully saturated rings. The molecular formula is C14H11BrN4O. The van der Waals surface area contributed by atoms with Crippen molar-refractivity contribution in [1.29, 1.82) is 0 Å². The molecule has 0 aliphatic rings. The molecular weight excluding hydrogens is 320 g/mol. The first-order valence-electron chi connectivity index (χ1n) is 5.99. The maximum Gasteiger partial charge on any atom is 0.251 e. The number of benzene rings is 1. The van der Waals surface area contributed by atoms with Crippen LogP contribution in [0.15, 0.2) is 47.3 Å². The molecule has 0 radical (unpaired) electrons. The van der Waals surface area contributed by atoms with E-state index in [0.717, 1.165) is 20.9 Å². The van der Waals surface area contributed by atoms with Crippen LogP contribution < -0.4 is 5.73 Å². The number of nitrogens with zero attached hydrogens (tertiary/aromatic N) is 3. The predicted octanol–water partition coefficient (Wildman–Crippen LogP) is 2.34. The van der Waals surface area contributed by atoms with Gasteiger partial charge in [0.1, 0.15) is 0 Å². The van der Waals surface area contributed by atoms with Crippen LogP contribution in [0.25, 0.3) is 10.9 Å². The second-order valence-electron chi connectivity index (χ2n) is 4.43. The molecule has 20 heavy (non-hydrogen) atoms. The van der Waals surface area contributed by atoms with Crippen LogP contribution >= 0.6 is 15.9 Å². The number of aromatic nitrogens is 3. The molecule has 3 aromatic rings. The van der Waals surface area contributed by atoms with Crippen molar-refractivity contribution in [3.8, 4) is 0 Å². The van der Waals surface area contributed by atoms with Gasteiger partial charge in [0, 0.05) is 27.8 Å². The minimum Gasteiger partial charge on any atom is -0.366 e. The van der Waals surface area contributed by atoms with E-state index in [1.807, 2.05) is 24.3 Å². The SMILES string of the molecule is NC(=O)c1cnn(Cc2cc(Br)cc3cccnc23)c1. The summed E-state index contributed by atoms with van der Waals surface area (Å²) < 4.78 is 2.66. The molecule has 1 aromatic carbocycles. The first-order chi connectivity index (χ1) is 9.63. The molecule has 0 bridgehead atoms. The van der Waals surface area contributed by atoms with Gasteiger partial charge in [0.05, 0.1) is 23.8 Å². The van der Waals surface area contributed by atoms with E-state index in [2.05, 4.69) is 26.0 Å². The highest BCUT2D eigenvalue weighted by Gasteiger charge is 2.08. The van der Waals surface area contributed by atoms with E-state index in [-0.39, 0.29) is 0 Å². The van der Waals surface area contributed by atoms with Crippen LogP contribution in [-0.4, -0.2) is 20.7 Å². The predicted molar refractivity (Wildman–Crippen MR) is 79.3 cm³/mol. The molecule has 0 aliphatic carbocycles. The zero-order chi connectivity index (χ0) is 14.1. The molecule has 2 N–H and O–H groups in total. The van der Waals surface area contributed by atoms with Crippen LogP contribution in [0, 0.1) is 0 Å². The third-order valence-electron chi connectivity index (χ3n) is 3.00. The smallest absolute Gasteiger partial charge is 0.251 e. The van der Waals surface area contributed by atoms with Crippen molar-refractivity contribution in [3.63, 3.8) is 0 Å². The normalized spacial score (nSPS) is 10.8. The highest BCUT2D eigenvalue weighted by molar-refractivity contribution is 9.10. The van der Waals surface area contributed by atoms with Gasteiger partial charge in [-0.15, -0.1) is 0 Å². The Morgan fingerprint density at radius 2 is 2.25 bits per heavy atom. The molecule has 0 unspecified atom stereocenters. The lowest BCUT2D eigenvalue weighted by Gasteiger charge is -2.07. The van der Waals surface area contributed by atoms with E-state index >= 15 is 0 Å². The highest BCUT2D eigenvalue weighted by Crippen LogP contribution is 2.23. The van der Waals surface area contributed by atoms with Gasteiger partial charge in [-0.05, 0) is 18.2 Å². The van der Waals surface area contributed by atoms with Gasteiger partial charge in [-0.2, -0.15) is 5.10 Å². The maximum atomic E-state index is 11.1. The van der Waals surface area contributed by atoms with Crippen molar-refractivity contribution in [2.24, 2.45) is 5.73 Å². The van der Waals surface area contributed by atoms with E-state index in [1.165, 1.54) is 6.20 Å². The second-order valence-corrected chi connectivity index (χ2v) is 5.35. The zero-order valence-corrected chi connectivity index (χ0v) is 12.0. The fourth-order valence-electron chi connectivity index (χ4n) is 2.10. The Morgan fingerprint density at radius 1 is 1.40 bits per heavy atom. The highest BCUT2D eigenvalue weighted by atomic mass is 79.9. The molecule has 0 saturated heterocycles. The van der Waals surface area contributed by atoms with E-state index in [4.69, 9.17) is 5.73 Å². The van der Waals surface area contributed by atoms with Crippen molar-refractivity contribution in [3.05, 3.63) is 58.5 Å². The van der Waals surface area contributed by atoms with Crippen molar-refractivity contribution >= 4 is 32.7 Å². The number of halogens is 1. The number of carbonyl (C=O) groups is 1. The van der Waals surface area contributed by atoms with Gasteiger partial charge in [0.2, 0.25) is 0 Å². The van der Waals surface area contributed by atoms with Gasteiger partial charge in [0.25, 0.3) is 5.91 Å². The summed E-state index contributed by atoms with van der Waals surface area (Å²) >= 11 is 3.49. The number of pyridine rings is 1.